The first-order valence-corrected chi connectivity index (χ1v) is 34.7. The second-order valence-corrected chi connectivity index (χ2v) is 24.1. The van der Waals surface area contributed by atoms with Gasteiger partial charge in [-0.2, -0.15) is 0 Å². The molecule has 3 atom stereocenters. The summed E-state index contributed by atoms with van der Waals surface area (Å²) < 4.78 is 5.38. The molecule has 456 valence electrons. The molecule has 0 saturated heterocycles. The Morgan fingerprint density at radius 1 is 0.390 bits per heavy atom. The van der Waals surface area contributed by atoms with Crippen LogP contribution in [0.1, 0.15) is 380 Å². The Labute approximate surface area is 480 Å². The van der Waals surface area contributed by atoms with Crippen molar-refractivity contribution in [2.24, 2.45) is 0 Å². The molecular weight excluding hydrogens is 951 g/mol. The number of aliphatic hydroxyl groups is 3. The molecule has 0 aromatic carbocycles. The molecule has 0 aliphatic heterocycles. The molecule has 0 saturated carbocycles. The fourth-order valence-electron chi connectivity index (χ4n) is 11.1. The van der Waals surface area contributed by atoms with Crippen LogP contribution < -0.4 is 5.32 Å². The smallest absolute Gasteiger partial charge is 0.330 e. The Morgan fingerprint density at radius 2 is 0.688 bits per heavy atom. The van der Waals surface area contributed by atoms with Crippen LogP contribution in [0.2, 0.25) is 0 Å². The fraction of sp³-hybridized carbons (Fsp3) is 0.914. The van der Waals surface area contributed by atoms with Crippen LogP contribution in [0.3, 0.4) is 0 Å². The Hall–Kier alpha value is -1.70. The van der Waals surface area contributed by atoms with E-state index in [1.807, 2.05) is 12.2 Å². The number of amides is 1. The molecule has 4 N–H and O–H groups in total. The SMILES string of the molecule is CCCCCCCCCCCCCC=CC=CC(=O)OCCCCCCCCCCCCCCCCCCCCCCCCCCCCCCCC(=O)N[C@H](CO)[C@H](O)C(O)CCCCCCCCCCCCCCCC. The first-order chi connectivity index (χ1) is 38.0. The highest BCUT2D eigenvalue weighted by atomic mass is 16.5. The van der Waals surface area contributed by atoms with Crippen molar-refractivity contribution in [1.29, 1.82) is 0 Å². The maximum atomic E-state index is 12.5. The lowest BCUT2D eigenvalue weighted by atomic mass is 9.99. The zero-order valence-corrected chi connectivity index (χ0v) is 51.8. The van der Waals surface area contributed by atoms with Crippen LogP contribution in [0.4, 0.5) is 0 Å². The maximum Gasteiger partial charge on any atom is 0.330 e. The van der Waals surface area contributed by atoms with E-state index in [0.717, 1.165) is 57.8 Å². The van der Waals surface area contributed by atoms with Crippen LogP contribution in [-0.4, -0.2) is 58.7 Å². The highest BCUT2D eigenvalue weighted by Crippen LogP contribution is 2.19. The van der Waals surface area contributed by atoms with Gasteiger partial charge in [0.2, 0.25) is 5.91 Å². The zero-order chi connectivity index (χ0) is 55.8. The summed E-state index contributed by atoms with van der Waals surface area (Å²) in [4.78, 5) is 24.5. The van der Waals surface area contributed by atoms with Crippen molar-refractivity contribution in [2.45, 2.75) is 398 Å². The van der Waals surface area contributed by atoms with Gasteiger partial charge in [-0.3, -0.25) is 4.79 Å². The molecule has 7 nitrogen and oxygen atoms in total. The third-order valence-electron chi connectivity index (χ3n) is 16.4. The average molecular weight is 1090 g/mol. The van der Waals surface area contributed by atoms with E-state index < -0.39 is 18.2 Å². The van der Waals surface area contributed by atoms with Gasteiger partial charge in [0.15, 0.2) is 0 Å². The van der Waals surface area contributed by atoms with Crippen LogP contribution in [-0.2, 0) is 14.3 Å². The Morgan fingerprint density at radius 3 is 1.03 bits per heavy atom. The summed E-state index contributed by atoms with van der Waals surface area (Å²) >= 11 is 0. The molecule has 1 amide bonds. The fourth-order valence-corrected chi connectivity index (χ4v) is 11.1. The van der Waals surface area contributed by atoms with Crippen LogP contribution in [0.15, 0.2) is 24.3 Å². The van der Waals surface area contributed by atoms with E-state index >= 15 is 0 Å². The number of unbranched alkanes of at least 4 members (excludes halogenated alkanes) is 52. The molecule has 0 heterocycles. The number of rotatable bonds is 65. The quantitative estimate of drug-likeness (QED) is 0.0209. The van der Waals surface area contributed by atoms with E-state index in [9.17, 15) is 24.9 Å². The second-order valence-electron chi connectivity index (χ2n) is 24.1. The topological polar surface area (TPSA) is 116 Å². The number of allylic oxidation sites excluding steroid dienone is 3. The van der Waals surface area contributed by atoms with Crippen LogP contribution in [0.5, 0.6) is 0 Å². The van der Waals surface area contributed by atoms with Crippen molar-refractivity contribution in [3.8, 4) is 0 Å². The van der Waals surface area contributed by atoms with Gasteiger partial charge in [-0.1, -0.05) is 360 Å². The zero-order valence-electron chi connectivity index (χ0n) is 51.8. The minimum atomic E-state index is -1.14. The summed E-state index contributed by atoms with van der Waals surface area (Å²) in [6.45, 7) is 4.73. The summed E-state index contributed by atoms with van der Waals surface area (Å²) in [6.07, 6.45) is 78.6. The van der Waals surface area contributed by atoms with E-state index in [0.29, 0.717) is 19.4 Å². The third kappa shape index (κ3) is 60.2. The first kappa shape index (κ1) is 75.3. The lowest BCUT2D eigenvalue weighted by molar-refractivity contribution is -0.137. The number of carbonyl (C=O) groups is 2. The predicted molar refractivity (Wildman–Crippen MR) is 335 cm³/mol. The minimum Gasteiger partial charge on any atom is -0.463 e. The molecule has 0 aliphatic rings. The molecule has 0 bridgehead atoms. The summed E-state index contributed by atoms with van der Waals surface area (Å²) in [7, 11) is 0. The van der Waals surface area contributed by atoms with Gasteiger partial charge in [0.1, 0.15) is 6.10 Å². The van der Waals surface area contributed by atoms with Gasteiger partial charge in [-0.15, -0.1) is 0 Å². The van der Waals surface area contributed by atoms with Crippen LogP contribution in [0.25, 0.3) is 0 Å². The van der Waals surface area contributed by atoms with E-state index in [2.05, 4.69) is 25.2 Å². The Bertz CT molecular complexity index is 1220. The number of aliphatic hydroxyl groups excluding tert-OH is 3. The van der Waals surface area contributed by atoms with Crippen molar-refractivity contribution in [3.63, 3.8) is 0 Å². The molecule has 1 unspecified atom stereocenters. The molecule has 0 aromatic heterocycles. The van der Waals surface area contributed by atoms with Crippen LogP contribution >= 0.6 is 0 Å². The van der Waals surface area contributed by atoms with Crippen molar-refractivity contribution in [3.05, 3.63) is 24.3 Å². The monoisotopic (exact) mass is 1090 g/mol. The Balaban J connectivity index is 3.40. The Kier molecular flexibility index (Phi) is 63.7. The molecule has 0 aliphatic carbocycles. The van der Waals surface area contributed by atoms with Crippen molar-refractivity contribution < 1.29 is 29.6 Å². The number of ether oxygens (including phenoxy) is 1. The lowest BCUT2D eigenvalue weighted by Crippen LogP contribution is -2.50. The van der Waals surface area contributed by atoms with E-state index in [1.54, 1.807) is 6.08 Å². The van der Waals surface area contributed by atoms with Crippen LogP contribution in [0, 0.1) is 0 Å². The van der Waals surface area contributed by atoms with Gasteiger partial charge in [-0.25, -0.2) is 4.79 Å². The largest absolute Gasteiger partial charge is 0.463 e. The normalized spacial score (nSPS) is 13.1. The number of nitrogens with one attached hydrogen (secondary N) is 1. The predicted octanol–water partition coefficient (Wildman–Crippen LogP) is 21.1. The van der Waals surface area contributed by atoms with Gasteiger partial charge >= 0.3 is 5.97 Å². The molecule has 0 spiro atoms. The van der Waals surface area contributed by atoms with E-state index in [4.69, 9.17) is 4.74 Å². The summed E-state index contributed by atoms with van der Waals surface area (Å²) in [6, 6.07) is -0.812. The van der Waals surface area contributed by atoms with Crippen molar-refractivity contribution >= 4 is 11.9 Å². The van der Waals surface area contributed by atoms with Gasteiger partial charge in [0.25, 0.3) is 0 Å². The van der Waals surface area contributed by atoms with Gasteiger partial charge in [0, 0.05) is 12.5 Å². The molecule has 0 aromatic rings. The van der Waals surface area contributed by atoms with E-state index in [-0.39, 0.29) is 18.5 Å². The highest BCUT2D eigenvalue weighted by molar-refractivity contribution is 5.82. The number of hydrogen-bond acceptors (Lipinski definition) is 6. The standard InChI is InChI=1S/C70H135NO6/c1-3-5-7-9-11-13-15-17-34-39-43-47-51-55-59-63-69(75)77-64-60-56-52-48-44-40-36-33-31-29-27-25-23-21-19-20-22-24-26-28-30-32-35-38-42-46-50-54-58-62-68(74)71-66(65-72)70(76)67(73)61-57-53-49-45-41-37-18-16-14-12-10-8-6-4-2/h51,55,59,63,66-67,70,72-73,76H,3-50,52-54,56-58,60-62,64-65H2,1-2H3,(H,71,74)/t66-,67?,70+/m1/s1. The molecule has 7 heteroatoms. The number of carbonyl (C=O) groups excluding carboxylic acids is 2. The van der Waals surface area contributed by atoms with Crippen molar-refractivity contribution in [1.82, 2.24) is 5.32 Å². The third-order valence-corrected chi connectivity index (χ3v) is 16.4. The lowest BCUT2D eigenvalue weighted by Gasteiger charge is -2.26. The first-order valence-electron chi connectivity index (χ1n) is 34.7. The van der Waals surface area contributed by atoms with Gasteiger partial charge < -0.3 is 25.4 Å². The average Bonchev–Trinajstić information content (AvgIpc) is 3.43. The van der Waals surface area contributed by atoms with Crippen molar-refractivity contribution in [2.75, 3.05) is 13.2 Å². The summed E-state index contributed by atoms with van der Waals surface area (Å²) in [5.74, 6) is -0.354. The second kappa shape index (κ2) is 65.1. The molecule has 0 fully saturated rings. The highest BCUT2D eigenvalue weighted by Gasteiger charge is 2.27. The molecule has 0 rings (SSSR count). The molecule has 77 heavy (non-hydrogen) atoms. The van der Waals surface area contributed by atoms with Gasteiger partial charge in [0.05, 0.1) is 25.4 Å². The number of esters is 1. The number of hydrogen-bond donors (Lipinski definition) is 4. The maximum absolute atomic E-state index is 12.5. The summed E-state index contributed by atoms with van der Waals surface area (Å²) in [5.41, 5.74) is 0. The molecule has 0 radical (unpaired) electrons. The van der Waals surface area contributed by atoms with Gasteiger partial charge in [-0.05, 0) is 32.1 Å². The summed E-state index contributed by atoms with van der Waals surface area (Å²) in [5, 5.41) is 33.8. The van der Waals surface area contributed by atoms with E-state index in [1.165, 1.54) is 295 Å². The minimum absolute atomic E-state index is 0.143. The molecular formula is C70H135NO6.